The fourth-order valence-electron chi connectivity index (χ4n) is 2.74. The van der Waals surface area contributed by atoms with Crippen LogP contribution in [0.25, 0.3) is 17.5 Å². The van der Waals surface area contributed by atoms with Crippen LogP contribution in [0.15, 0.2) is 46.5 Å². The van der Waals surface area contributed by atoms with Gasteiger partial charge in [-0.15, -0.1) is 10.2 Å². The number of methoxy groups -OCH3 is 1. The summed E-state index contributed by atoms with van der Waals surface area (Å²) in [6, 6.07) is 11.1. The molecule has 0 saturated heterocycles. The number of hydrogen-bond acceptors (Lipinski definition) is 5. The normalized spacial score (nSPS) is 11.6. The second-order valence-corrected chi connectivity index (χ2v) is 9.84. The number of carboxylic acids is 1. The van der Waals surface area contributed by atoms with Crippen molar-refractivity contribution in [3.63, 3.8) is 0 Å². The maximum Gasteiger partial charge on any atom is 0.342 e. The van der Waals surface area contributed by atoms with E-state index in [4.69, 9.17) is 16.3 Å². The van der Waals surface area contributed by atoms with Gasteiger partial charge in [-0.1, -0.05) is 11.6 Å². The van der Waals surface area contributed by atoms with Gasteiger partial charge in [0.05, 0.1) is 10.7 Å². The minimum atomic E-state index is -1.05. The lowest BCUT2D eigenvalue weighted by Gasteiger charge is -2.10. The number of aromatic nitrogens is 3. The average molecular weight is 668 g/mol. The third-order valence-corrected chi connectivity index (χ3v) is 6.75. The number of aliphatic carboxylic acids is 1. The van der Waals surface area contributed by atoms with E-state index < -0.39 is 5.97 Å². The lowest BCUT2D eigenvalue weighted by atomic mass is 10.2. The van der Waals surface area contributed by atoms with Gasteiger partial charge in [0.1, 0.15) is 10.7 Å². The molecule has 0 bridgehead atoms. The number of thioether (sulfide) groups is 1. The predicted molar refractivity (Wildman–Crippen MR) is 136 cm³/mol. The van der Waals surface area contributed by atoms with Gasteiger partial charge in [0.25, 0.3) is 0 Å². The summed E-state index contributed by atoms with van der Waals surface area (Å²) in [7, 11) is 1.57. The van der Waals surface area contributed by atoms with E-state index in [9.17, 15) is 9.90 Å². The standard InChI is InChI=1S/C20H16ClI2N3O3S/c1-3-26-18(11-4-6-13(21)7-5-11)24-25-20(26)30-16(19(27)28)9-12-8-14(22)10-15(23)17(12)29-2/h4-10H,3H2,1-2H3,(H,27,28)/b16-9-. The van der Waals surface area contributed by atoms with Crippen LogP contribution in [0.2, 0.25) is 5.02 Å². The largest absolute Gasteiger partial charge is 0.495 e. The van der Waals surface area contributed by atoms with Crippen LogP contribution < -0.4 is 4.74 Å². The molecule has 0 radical (unpaired) electrons. The minimum absolute atomic E-state index is 0.121. The smallest absolute Gasteiger partial charge is 0.342 e. The Kier molecular flexibility index (Phi) is 8.04. The molecule has 0 spiro atoms. The van der Waals surface area contributed by atoms with Gasteiger partial charge in [0, 0.05) is 26.3 Å². The van der Waals surface area contributed by atoms with E-state index >= 15 is 0 Å². The van der Waals surface area contributed by atoms with Crippen LogP contribution in [0.4, 0.5) is 0 Å². The number of halogens is 3. The summed E-state index contributed by atoms with van der Waals surface area (Å²) >= 11 is 11.4. The van der Waals surface area contributed by atoms with E-state index in [1.165, 1.54) is 0 Å². The van der Waals surface area contributed by atoms with Crippen LogP contribution in [0.3, 0.4) is 0 Å². The van der Waals surface area contributed by atoms with Gasteiger partial charge in [0.2, 0.25) is 0 Å². The van der Waals surface area contributed by atoms with E-state index in [1.807, 2.05) is 35.8 Å². The zero-order valence-electron chi connectivity index (χ0n) is 15.9. The topological polar surface area (TPSA) is 77.2 Å². The maximum atomic E-state index is 12.0. The van der Waals surface area contributed by atoms with Crippen LogP contribution in [0.1, 0.15) is 12.5 Å². The summed E-state index contributed by atoms with van der Waals surface area (Å²) in [4.78, 5) is 12.1. The van der Waals surface area contributed by atoms with Crippen molar-refractivity contribution in [2.45, 2.75) is 18.6 Å². The van der Waals surface area contributed by atoms with Crippen molar-refractivity contribution in [2.24, 2.45) is 0 Å². The Hall–Kier alpha value is -1.31. The Morgan fingerprint density at radius 2 is 1.97 bits per heavy atom. The summed E-state index contributed by atoms with van der Waals surface area (Å²) in [5, 5.41) is 19.4. The molecule has 0 aliphatic heterocycles. The average Bonchev–Trinajstić information content (AvgIpc) is 3.10. The highest BCUT2D eigenvalue weighted by Gasteiger charge is 2.19. The highest BCUT2D eigenvalue weighted by Crippen LogP contribution is 2.34. The Bertz CT molecular complexity index is 1120. The molecule has 156 valence electrons. The first-order chi connectivity index (χ1) is 14.3. The second kappa shape index (κ2) is 10.3. The summed E-state index contributed by atoms with van der Waals surface area (Å²) in [6.07, 6.45) is 1.60. The number of carbonyl (C=O) groups is 1. The predicted octanol–water partition coefficient (Wildman–Crippen LogP) is 6.05. The molecule has 10 heteroatoms. The van der Waals surface area contributed by atoms with Crippen molar-refractivity contribution in [3.8, 4) is 17.1 Å². The molecule has 1 N–H and O–H groups in total. The number of ether oxygens (including phenoxy) is 1. The van der Waals surface area contributed by atoms with Crippen molar-refractivity contribution in [1.82, 2.24) is 14.8 Å². The van der Waals surface area contributed by atoms with E-state index in [-0.39, 0.29) is 4.91 Å². The number of hydrogen-bond donors (Lipinski definition) is 1. The first kappa shape index (κ1) is 23.4. The molecule has 3 rings (SSSR count). The maximum absolute atomic E-state index is 12.0. The first-order valence-corrected chi connectivity index (χ1v) is 12.0. The molecule has 0 atom stereocenters. The number of rotatable bonds is 7. The van der Waals surface area contributed by atoms with Crippen LogP contribution in [-0.4, -0.2) is 33.0 Å². The highest BCUT2D eigenvalue weighted by atomic mass is 127. The van der Waals surface area contributed by atoms with Crippen molar-refractivity contribution in [3.05, 3.63) is 59.0 Å². The molecule has 0 amide bonds. The van der Waals surface area contributed by atoms with E-state index in [0.29, 0.717) is 33.9 Å². The summed E-state index contributed by atoms with van der Waals surface area (Å²) in [5.41, 5.74) is 1.55. The van der Waals surface area contributed by atoms with Gasteiger partial charge in [-0.25, -0.2) is 4.79 Å². The van der Waals surface area contributed by atoms with Crippen LogP contribution in [0.5, 0.6) is 5.75 Å². The van der Waals surface area contributed by atoms with Gasteiger partial charge >= 0.3 is 5.97 Å². The first-order valence-electron chi connectivity index (χ1n) is 8.69. The van der Waals surface area contributed by atoms with Crippen LogP contribution >= 0.6 is 68.5 Å². The number of nitrogens with zero attached hydrogens (tertiary/aromatic N) is 3. The quantitative estimate of drug-likeness (QED) is 0.188. The molecule has 0 saturated carbocycles. The van der Waals surface area contributed by atoms with E-state index in [2.05, 4.69) is 55.4 Å². The molecule has 0 fully saturated rings. The molecule has 1 heterocycles. The van der Waals surface area contributed by atoms with Crippen molar-refractivity contribution >= 4 is 80.6 Å². The molecule has 1 aromatic heterocycles. The summed E-state index contributed by atoms with van der Waals surface area (Å²) < 4.78 is 9.25. The molecule has 0 unspecified atom stereocenters. The van der Waals surface area contributed by atoms with Crippen LogP contribution in [0, 0.1) is 7.14 Å². The fourth-order valence-corrected chi connectivity index (χ4v) is 5.85. The van der Waals surface area contributed by atoms with Crippen molar-refractivity contribution < 1.29 is 14.6 Å². The molecular formula is C20H16ClI2N3O3S. The van der Waals surface area contributed by atoms with E-state index in [1.54, 1.807) is 25.3 Å². The summed E-state index contributed by atoms with van der Waals surface area (Å²) in [6.45, 7) is 2.55. The van der Waals surface area contributed by atoms with Gasteiger partial charge in [-0.2, -0.15) is 0 Å². The molecule has 0 aliphatic rings. The lowest BCUT2D eigenvalue weighted by Crippen LogP contribution is -2.03. The zero-order valence-corrected chi connectivity index (χ0v) is 21.8. The fraction of sp³-hybridized carbons (Fsp3) is 0.150. The molecule has 0 aliphatic carbocycles. The Labute approximate surface area is 210 Å². The number of carboxylic acid groups (broad SMARTS) is 1. The monoisotopic (exact) mass is 667 g/mol. The van der Waals surface area contributed by atoms with Gasteiger partial charge in [-0.05, 0) is 106 Å². The number of benzene rings is 2. The Morgan fingerprint density at radius 1 is 1.27 bits per heavy atom. The van der Waals surface area contributed by atoms with Crippen LogP contribution in [-0.2, 0) is 11.3 Å². The SMILES string of the molecule is CCn1c(S/C(=C\c2cc(I)cc(I)c2OC)C(=O)O)nnc1-c1ccc(Cl)cc1. The second-order valence-electron chi connectivity index (χ2n) is 5.98. The lowest BCUT2D eigenvalue weighted by molar-refractivity contribution is -0.131. The third kappa shape index (κ3) is 5.29. The Balaban J connectivity index is 2.02. The van der Waals surface area contributed by atoms with Crippen molar-refractivity contribution in [2.75, 3.05) is 7.11 Å². The van der Waals surface area contributed by atoms with Gasteiger partial charge in [-0.3, -0.25) is 0 Å². The molecule has 6 nitrogen and oxygen atoms in total. The third-order valence-electron chi connectivity index (χ3n) is 4.08. The van der Waals surface area contributed by atoms with Gasteiger partial charge < -0.3 is 14.4 Å². The molecule has 30 heavy (non-hydrogen) atoms. The molecule has 2 aromatic carbocycles. The zero-order chi connectivity index (χ0) is 21.8. The molecule has 3 aromatic rings. The highest BCUT2D eigenvalue weighted by molar-refractivity contribution is 14.1. The van der Waals surface area contributed by atoms with Crippen molar-refractivity contribution in [1.29, 1.82) is 0 Å². The summed E-state index contributed by atoms with van der Waals surface area (Å²) in [5.74, 6) is 0.242. The minimum Gasteiger partial charge on any atom is -0.495 e. The van der Waals surface area contributed by atoms with E-state index in [0.717, 1.165) is 24.5 Å². The Morgan fingerprint density at radius 3 is 2.57 bits per heavy atom. The molecular weight excluding hydrogens is 652 g/mol. The van der Waals surface area contributed by atoms with Gasteiger partial charge in [0.15, 0.2) is 11.0 Å².